The summed E-state index contributed by atoms with van der Waals surface area (Å²) in [5, 5.41) is 9.29. The molecule has 1 rings (SSSR count). The first kappa shape index (κ1) is 7.32. The Bertz CT molecular complexity index is 182. The first-order chi connectivity index (χ1) is 4.70. The maximum Gasteiger partial charge on any atom is 0.114 e. The Hall–Kier alpha value is -0.790. The molecular formula is C8H13NO. The Balaban J connectivity index is 2.75. The van der Waals surface area contributed by atoms with E-state index in [0.717, 1.165) is 18.5 Å². The number of rotatable bonds is 0. The summed E-state index contributed by atoms with van der Waals surface area (Å²) in [4.78, 5) is 4.06. The SMILES string of the molecule is CC1=C(O)CC(C)CC=N1. The van der Waals surface area contributed by atoms with E-state index in [1.54, 1.807) is 0 Å². The quantitative estimate of drug-likeness (QED) is 0.548. The summed E-state index contributed by atoms with van der Waals surface area (Å²) in [6.45, 7) is 3.95. The lowest BCUT2D eigenvalue weighted by Gasteiger charge is -2.03. The summed E-state index contributed by atoms with van der Waals surface area (Å²) in [7, 11) is 0. The van der Waals surface area contributed by atoms with Gasteiger partial charge in [-0.3, -0.25) is 4.99 Å². The molecule has 2 nitrogen and oxygen atoms in total. The van der Waals surface area contributed by atoms with Crippen LogP contribution in [0.15, 0.2) is 16.4 Å². The molecule has 1 heterocycles. The topological polar surface area (TPSA) is 32.6 Å². The van der Waals surface area contributed by atoms with Gasteiger partial charge in [-0.2, -0.15) is 0 Å². The predicted octanol–water partition coefficient (Wildman–Crippen LogP) is 2.28. The molecule has 0 aromatic carbocycles. The summed E-state index contributed by atoms with van der Waals surface area (Å²) in [6.07, 6.45) is 3.62. The molecular weight excluding hydrogens is 126 g/mol. The van der Waals surface area contributed by atoms with Crippen molar-refractivity contribution in [2.24, 2.45) is 10.9 Å². The molecule has 0 amide bonds. The lowest BCUT2D eigenvalue weighted by molar-refractivity contribution is 0.356. The number of hydrogen-bond donors (Lipinski definition) is 1. The minimum Gasteiger partial charge on any atom is -0.510 e. The van der Waals surface area contributed by atoms with Gasteiger partial charge in [0.15, 0.2) is 0 Å². The highest BCUT2D eigenvalue weighted by Gasteiger charge is 2.08. The van der Waals surface area contributed by atoms with E-state index in [9.17, 15) is 5.11 Å². The van der Waals surface area contributed by atoms with Crippen LogP contribution >= 0.6 is 0 Å². The van der Waals surface area contributed by atoms with Crippen molar-refractivity contribution in [3.63, 3.8) is 0 Å². The van der Waals surface area contributed by atoms with Crippen LogP contribution in [0, 0.1) is 5.92 Å². The van der Waals surface area contributed by atoms with Gasteiger partial charge >= 0.3 is 0 Å². The van der Waals surface area contributed by atoms with Crippen molar-refractivity contribution in [2.45, 2.75) is 26.7 Å². The third-order valence-corrected chi connectivity index (χ3v) is 1.75. The molecule has 10 heavy (non-hydrogen) atoms. The van der Waals surface area contributed by atoms with E-state index in [-0.39, 0.29) is 0 Å². The molecule has 56 valence electrons. The lowest BCUT2D eigenvalue weighted by Crippen LogP contribution is -1.95. The predicted molar refractivity (Wildman–Crippen MR) is 42.2 cm³/mol. The molecule has 0 fully saturated rings. The van der Waals surface area contributed by atoms with Crippen molar-refractivity contribution < 1.29 is 5.11 Å². The Morgan fingerprint density at radius 2 is 2.40 bits per heavy atom. The summed E-state index contributed by atoms with van der Waals surface area (Å²) in [6, 6.07) is 0. The standard InChI is InChI=1S/C8H13NO/c1-6-3-4-9-7(2)8(10)5-6/h4,6,10H,3,5H2,1-2H3. The Labute approximate surface area is 61.3 Å². The van der Waals surface area contributed by atoms with Gasteiger partial charge in [-0.25, -0.2) is 0 Å². The maximum absolute atomic E-state index is 9.29. The Morgan fingerprint density at radius 1 is 1.70 bits per heavy atom. The molecule has 0 aliphatic carbocycles. The van der Waals surface area contributed by atoms with Gasteiger partial charge in [0.25, 0.3) is 0 Å². The van der Waals surface area contributed by atoms with Gasteiger partial charge in [0.05, 0.1) is 5.70 Å². The summed E-state index contributed by atoms with van der Waals surface area (Å²) in [5.74, 6) is 0.974. The van der Waals surface area contributed by atoms with Crippen molar-refractivity contribution in [1.29, 1.82) is 0 Å². The number of hydrogen-bond acceptors (Lipinski definition) is 2. The second kappa shape index (κ2) is 2.86. The highest BCUT2D eigenvalue weighted by atomic mass is 16.3. The molecule has 1 N–H and O–H groups in total. The Kier molecular flexibility index (Phi) is 2.10. The fraction of sp³-hybridized carbons (Fsp3) is 0.625. The van der Waals surface area contributed by atoms with Crippen LogP contribution in [0.25, 0.3) is 0 Å². The first-order valence-corrected chi connectivity index (χ1v) is 3.61. The molecule has 2 heteroatoms. The van der Waals surface area contributed by atoms with Crippen LogP contribution < -0.4 is 0 Å². The van der Waals surface area contributed by atoms with Crippen LogP contribution in [0.5, 0.6) is 0 Å². The second-order valence-corrected chi connectivity index (χ2v) is 2.89. The molecule has 1 aliphatic rings. The molecule has 0 aromatic heterocycles. The minimum absolute atomic E-state index is 0.446. The van der Waals surface area contributed by atoms with E-state index in [4.69, 9.17) is 0 Å². The highest BCUT2D eigenvalue weighted by molar-refractivity contribution is 5.59. The highest BCUT2D eigenvalue weighted by Crippen LogP contribution is 2.18. The van der Waals surface area contributed by atoms with Crippen LogP contribution in [-0.4, -0.2) is 11.3 Å². The van der Waals surface area contributed by atoms with Gasteiger partial charge in [0.2, 0.25) is 0 Å². The molecule has 0 radical (unpaired) electrons. The zero-order valence-corrected chi connectivity index (χ0v) is 6.46. The van der Waals surface area contributed by atoms with Crippen molar-refractivity contribution >= 4 is 6.21 Å². The van der Waals surface area contributed by atoms with Gasteiger partial charge in [-0.1, -0.05) is 6.92 Å². The van der Waals surface area contributed by atoms with Crippen LogP contribution in [-0.2, 0) is 0 Å². The summed E-state index contributed by atoms with van der Waals surface area (Å²) >= 11 is 0. The van der Waals surface area contributed by atoms with Crippen molar-refractivity contribution in [3.05, 3.63) is 11.5 Å². The van der Waals surface area contributed by atoms with Crippen molar-refractivity contribution in [2.75, 3.05) is 0 Å². The molecule has 0 saturated carbocycles. The molecule has 0 spiro atoms. The van der Waals surface area contributed by atoms with Gasteiger partial charge in [0, 0.05) is 12.6 Å². The fourth-order valence-electron chi connectivity index (χ4n) is 1.01. The molecule has 1 atom stereocenters. The van der Waals surface area contributed by atoms with Crippen molar-refractivity contribution in [1.82, 2.24) is 0 Å². The zero-order valence-electron chi connectivity index (χ0n) is 6.46. The van der Waals surface area contributed by atoms with Gasteiger partial charge < -0.3 is 5.11 Å². The van der Waals surface area contributed by atoms with E-state index in [0.29, 0.717) is 11.7 Å². The zero-order chi connectivity index (χ0) is 7.56. The number of allylic oxidation sites excluding steroid dienone is 2. The van der Waals surface area contributed by atoms with E-state index < -0.39 is 0 Å². The normalized spacial score (nSPS) is 26.8. The van der Waals surface area contributed by atoms with E-state index in [2.05, 4.69) is 11.9 Å². The number of aliphatic imine (C=N–C) groups is 1. The fourth-order valence-corrected chi connectivity index (χ4v) is 1.01. The van der Waals surface area contributed by atoms with Crippen molar-refractivity contribution in [3.8, 4) is 0 Å². The summed E-state index contributed by atoms with van der Waals surface area (Å²) in [5.41, 5.74) is 0.768. The molecule has 0 aromatic rings. The number of aliphatic hydroxyl groups is 1. The average molecular weight is 139 g/mol. The third kappa shape index (κ3) is 1.59. The minimum atomic E-state index is 0.446. The Morgan fingerprint density at radius 3 is 3.10 bits per heavy atom. The summed E-state index contributed by atoms with van der Waals surface area (Å²) < 4.78 is 0. The van der Waals surface area contributed by atoms with E-state index in [1.807, 2.05) is 13.1 Å². The van der Waals surface area contributed by atoms with E-state index >= 15 is 0 Å². The van der Waals surface area contributed by atoms with Crippen LogP contribution in [0.1, 0.15) is 26.7 Å². The maximum atomic E-state index is 9.29. The third-order valence-electron chi connectivity index (χ3n) is 1.75. The van der Waals surface area contributed by atoms with Crippen LogP contribution in [0.2, 0.25) is 0 Å². The van der Waals surface area contributed by atoms with Crippen LogP contribution in [0.3, 0.4) is 0 Å². The molecule has 1 aliphatic heterocycles. The second-order valence-electron chi connectivity index (χ2n) is 2.89. The molecule has 0 bridgehead atoms. The van der Waals surface area contributed by atoms with Crippen LogP contribution in [0.4, 0.5) is 0 Å². The number of nitrogens with zero attached hydrogens (tertiary/aromatic N) is 1. The van der Waals surface area contributed by atoms with Gasteiger partial charge in [0.1, 0.15) is 5.76 Å². The molecule has 0 saturated heterocycles. The monoisotopic (exact) mass is 139 g/mol. The van der Waals surface area contributed by atoms with E-state index in [1.165, 1.54) is 0 Å². The number of aliphatic hydroxyl groups excluding tert-OH is 1. The van der Waals surface area contributed by atoms with Gasteiger partial charge in [-0.05, 0) is 19.3 Å². The van der Waals surface area contributed by atoms with Gasteiger partial charge in [-0.15, -0.1) is 0 Å². The molecule has 1 unspecified atom stereocenters. The average Bonchev–Trinajstić information content (AvgIpc) is 1.96. The lowest BCUT2D eigenvalue weighted by atomic mass is 10.0. The smallest absolute Gasteiger partial charge is 0.114 e. The first-order valence-electron chi connectivity index (χ1n) is 3.61. The largest absolute Gasteiger partial charge is 0.510 e.